The van der Waals surface area contributed by atoms with Gasteiger partial charge < -0.3 is 4.55 Å². The highest BCUT2D eigenvalue weighted by molar-refractivity contribution is 7.94. The highest BCUT2D eigenvalue weighted by atomic mass is 32.2. The van der Waals surface area contributed by atoms with E-state index in [1.165, 1.54) is 31.8 Å². The van der Waals surface area contributed by atoms with Gasteiger partial charge in [0.2, 0.25) is 0 Å². The highest BCUT2D eigenvalue weighted by Crippen LogP contribution is 2.50. The zero-order valence-electron chi connectivity index (χ0n) is 24.3. The van der Waals surface area contributed by atoms with Crippen LogP contribution < -0.4 is 36.0 Å². The van der Waals surface area contributed by atoms with Crippen LogP contribution in [0, 0.1) is 0 Å². The Labute approximate surface area is 260 Å². The van der Waals surface area contributed by atoms with Crippen molar-refractivity contribution in [2.75, 3.05) is 6.26 Å². The van der Waals surface area contributed by atoms with Crippen molar-refractivity contribution in [1.82, 2.24) is 4.17 Å². The predicted octanol–water partition coefficient (Wildman–Crippen LogP) is 5.57. The first kappa shape index (κ1) is 31.2. The number of hydrogen-bond acceptors (Lipinski definition) is 3. The SMILES string of the molecule is CS(=O)(=O)[O-].c1ccc(P(=[N+]=P(c2ccccc2)(c2ccccc2)c2ccccc2)(c2ccccc2)c2ccccc2)cc1. The summed E-state index contributed by atoms with van der Waals surface area (Å²) in [6.45, 7) is 0. The number of hydrogen-bond donors (Lipinski definition) is 0. The van der Waals surface area contributed by atoms with Crippen molar-refractivity contribution in [3.63, 3.8) is 0 Å². The van der Waals surface area contributed by atoms with E-state index < -0.39 is 24.2 Å². The van der Waals surface area contributed by atoms with E-state index in [-0.39, 0.29) is 0 Å². The molecule has 0 bridgehead atoms. The van der Waals surface area contributed by atoms with Crippen molar-refractivity contribution in [3.05, 3.63) is 182 Å². The van der Waals surface area contributed by atoms with Crippen molar-refractivity contribution >= 4 is 56.1 Å². The molecule has 0 saturated carbocycles. The summed E-state index contributed by atoms with van der Waals surface area (Å²) in [4.78, 5) is 0. The third kappa shape index (κ3) is 6.95. The Kier molecular flexibility index (Phi) is 9.98. The van der Waals surface area contributed by atoms with E-state index in [0.717, 1.165) is 0 Å². The maximum absolute atomic E-state index is 9.08. The fourth-order valence-corrected chi connectivity index (χ4v) is 14.8. The molecule has 6 aromatic carbocycles. The minimum absolute atomic E-state index is 0.604. The number of benzene rings is 6. The third-order valence-corrected chi connectivity index (χ3v) is 15.5. The van der Waals surface area contributed by atoms with E-state index in [1.54, 1.807) is 0 Å². The molecule has 0 N–H and O–H groups in total. The van der Waals surface area contributed by atoms with Gasteiger partial charge in [-0.2, -0.15) is 0 Å². The van der Waals surface area contributed by atoms with Crippen LogP contribution in [-0.2, 0) is 10.1 Å². The van der Waals surface area contributed by atoms with Gasteiger partial charge in [-0.05, 0) is 72.8 Å². The van der Waals surface area contributed by atoms with Crippen LogP contribution in [0.5, 0.6) is 0 Å². The van der Waals surface area contributed by atoms with Crippen LogP contribution in [0.1, 0.15) is 0 Å². The molecule has 44 heavy (non-hydrogen) atoms. The Bertz CT molecular complexity index is 1670. The molecular weight excluding hydrogens is 600 g/mol. The number of nitrogens with zero attached hydrogens (tertiary/aromatic N) is 1. The second-order valence-electron chi connectivity index (χ2n) is 10.1. The Balaban J connectivity index is 0.000000712. The lowest BCUT2D eigenvalue weighted by molar-refractivity contribution is 0.470. The van der Waals surface area contributed by atoms with Gasteiger partial charge in [0.1, 0.15) is 0 Å². The van der Waals surface area contributed by atoms with E-state index in [2.05, 4.69) is 182 Å². The van der Waals surface area contributed by atoms with Gasteiger partial charge >= 0.3 is 14.1 Å². The van der Waals surface area contributed by atoms with Gasteiger partial charge in [0.05, 0.1) is 41.9 Å². The van der Waals surface area contributed by atoms with E-state index in [1.807, 2.05) is 0 Å². The summed E-state index contributed by atoms with van der Waals surface area (Å²) in [7, 11) is -8.91. The standard InChI is InChI=1S/C36H30NP2.CH4O3S/c1-7-19-31(20-8-1)38(32-21-9-2-10-22-32,33-23-11-3-12-24-33)37-39(34-25-13-4-14-26-34,35-27-15-5-16-28-35)36-29-17-6-18-30-36;1-5(2,3)4/h1-30H;1H3,(H,2,3,4)/q+1;/p-1. The van der Waals surface area contributed by atoms with Crippen LogP contribution >= 0.6 is 14.1 Å². The maximum Gasteiger partial charge on any atom is 0.301 e. The van der Waals surface area contributed by atoms with E-state index in [9.17, 15) is 0 Å². The quantitative estimate of drug-likeness (QED) is 0.137. The molecule has 7 heteroatoms. The highest BCUT2D eigenvalue weighted by Gasteiger charge is 2.44. The van der Waals surface area contributed by atoms with Crippen molar-refractivity contribution in [1.29, 1.82) is 0 Å². The van der Waals surface area contributed by atoms with Crippen LogP contribution in [0.25, 0.3) is 0 Å². The monoisotopic (exact) mass is 633 g/mol. The van der Waals surface area contributed by atoms with Gasteiger partial charge in [-0.15, -0.1) is 4.17 Å². The van der Waals surface area contributed by atoms with Gasteiger partial charge in [-0.25, -0.2) is 8.42 Å². The van der Waals surface area contributed by atoms with E-state index >= 15 is 0 Å². The second-order valence-corrected chi connectivity index (χ2v) is 17.8. The van der Waals surface area contributed by atoms with Crippen LogP contribution in [0.2, 0.25) is 0 Å². The lowest BCUT2D eigenvalue weighted by Gasteiger charge is -2.20. The summed E-state index contributed by atoms with van der Waals surface area (Å²) >= 11 is 0. The lowest BCUT2D eigenvalue weighted by Crippen LogP contribution is -2.31. The molecule has 0 unspecified atom stereocenters. The normalized spacial score (nSPS) is 11.5. The molecule has 4 nitrogen and oxygen atoms in total. The van der Waals surface area contributed by atoms with Crippen molar-refractivity contribution in [2.45, 2.75) is 0 Å². The van der Waals surface area contributed by atoms with Gasteiger partial charge in [0.25, 0.3) is 0 Å². The van der Waals surface area contributed by atoms with Crippen LogP contribution in [0.4, 0.5) is 0 Å². The second kappa shape index (κ2) is 14.1. The smallest absolute Gasteiger partial charge is 0.301 e. The average Bonchev–Trinajstić information content (AvgIpc) is 3.07. The summed E-state index contributed by atoms with van der Waals surface area (Å²) in [5.74, 6) is 0. The minimum atomic E-state index is -3.92. The van der Waals surface area contributed by atoms with Gasteiger partial charge in [0, 0.05) is 6.26 Å². The Hall–Kier alpha value is -4.20. The molecule has 0 atom stereocenters. The lowest BCUT2D eigenvalue weighted by atomic mass is 10.4. The molecule has 0 aliphatic rings. The largest absolute Gasteiger partial charge is 0.748 e. The van der Waals surface area contributed by atoms with Crippen LogP contribution in [0.15, 0.2) is 182 Å². The zero-order chi connectivity index (χ0) is 30.9. The first-order chi connectivity index (χ1) is 21.3. The molecular formula is C37H33NO3P2S. The first-order valence-electron chi connectivity index (χ1n) is 14.1. The summed E-state index contributed by atoms with van der Waals surface area (Å²) < 4.78 is 33.6. The summed E-state index contributed by atoms with van der Waals surface area (Å²) in [6.07, 6.45) is 0.604. The molecule has 0 spiro atoms. The maximum atomic E-state index is 9.08. The van der Waals surface area contributed by atoms with Crippen molar-refractivity contribution < 1.29 is 13.0 Å². The molecule has 0 aliphatic carbocycles. The predicted molar refractivity (Wildman–Crippen MR) is 188 cm³/mol. The fourth-order valence-electron chi connectivity index (χ4n) is 5.27. The van der Waals surface area contributed by atoms with Gasteiger partial charge in [-0.1, -0.05) is 109 Å². The topological polar surface area (TPSA) is 71.3 Å². The summed E-state index contributed by atoms with van der Waals surface area (Å²) in [6, 6.07) is 65.7. The van der Waals surface area contributed by atoms with E-state index in [4.69, 9.17) is 17.1 Å². The molecule has 0 aliphatic heterocycles. The molecule has 6 aromatic rings. The van der Waals surface area contributed by atoms with E-state index in [0.29, 0.717) is 6.26 Å². The van der Waals surface area contributed by atoms with Gasteiger partial charge in [-0.3, -0.25) is 0 Å². The molecule has 220 valence electrons. The Morgan fingerprint density at radius 2 is 0.523 bits per heavy atom. The van der Waals surface area contributed by atoms with Crippen molar-refractivity contribution in [2.24, 2.45) is 0 Å². The summed E-state index contributed by atoms with van der Waals surface area (Å²) in [5, 5.41) is 7.55. The van der Waals surface area contributed by atoms with Crippen molar-refractivity contribution in [3.8, 4) is 0 Å². The molecule has 6 rings (SSSR count). The molecule has 0 fully saturated rings. The molecule has 0 aromatic heterocycles. The summed E-state index contributed by atoms with van der Waals surface area (Å²) in [5.41, 5.74) is 0. The number of rotatable bonds is 6. The van der Waals surface area contributed by atoms with Gasteiger partial charge in [0.15, 0.2) is 0 Å². The molecule has 0 radical (unpaired) electrons. The Morgan fingerprint density at radius 1 is 0.386 bits per heavy atom. The van der Waals surface area contributed by atoms with Crippen LogP contribution in [0.3, 0.4) is 0 Å². The first-order valence-corrected chi connectivity index (χ1v) is 19.4. The average molecular weight is 634 g/mol. The molecule has 0 saturated heterocycles. The third-order valence-electron chi connectivity index (χ3n) is 7.05. The Morgan fingerprint density at radius 3 is 0.659 bits per heavy atom. The molecule has 0 amide bonds. The fraction of sp³-hybridized carbons (Fsp3) is 0.0270. The van der Waals surface area contributed by atoms with Crippen LogP contribution in [-0.4, -0.2) is 19.2 Å². The zero-order valence-corrected chi connectivity index (χ0v) is 26.9. The minimum Gasteiger partial charge on any atom is -0.748 e. The molecule has 0 heterocycles.